The van der Waals surface area contributed by atoms with Gasteiger partial charge in [-0.05, 0) is 6.42 Å². The highest BCUT2D eigenvalue weighted by Crippen LogP contribution is 2.02. The number of ether oxygens (including phenoxy) is 1. The molecule has 0 aliphatic rings. The quantitative estimate of drug-likeness (QED) is 0.512. The minimum absolute atomic E-state index is 0.477. The molecule has 1 heterocycles. The van der Waals surface area contributed by atoms with Crippen molar-refractivity contribution >= 4 is 6.29 Å². The molecule has 0 spiro atoms. The Kier molecular flexibility index (Phi) is 4.32. The minimum atomic E-state index is 0.477. The number of aldehydes is 1. The van der Waals surface area contributed by atoms with Crippen LogP contribution in [0.2, 0.25) is 0 Å². The van der Waals surface area contributed by atoms with Gasteiger partial charge in [-0.3, -0.25) is 4.79 Å². The fourth-order valence-electron chi connectivity index (χ4n) is 1.12. The van der Waals surface area contributed by atoms with Gasteiger partial charge in [-0.2, -0.15) is 0 Å². The van der Waals surface area contributed by atoms with Crippen LogP contribution in [0.3, 0.4) is 0 Å². The smallest absolute Gasteiger partial charge is 0.168 e. The van der Waals surface area contributed by atoms with Crippen molar-refractivity contribution in [2.75, 3.05) is 6.61 Å². The van der Waals surface area contributed by atoms with Crippen molar-refractivity contribution in [2.45, 2.75) is 26.4 Å². The van der Waals surface area contributed by atoms with Crippen molar-refractivity contribution in [2.24, 2.45) is 7.05 Å². The SMILES string of the molecule is CCCCOCc1ncc(C=O)n1C. The van der Waals surface area contributed by atoms with Crippen LogP contribution in [0.15, 0.2) is 6.20 Å². The lowest BCUT2D eigenvalue weighted by molar-refractivity contribution is 0.109. The number of hydrogen-bond acceptors (Lipinski definition) is 3. The van der Waals surface area contributed by atoms with E-state index in [1.165, 1.54) is 0 Å². The number of imidazole rings is 1. The predicted octanol–water partition coefficient (Wildman–Crippen LogP) is 1.55. The highest BCUT2D eigenvalue weighted by molar-refractivity contribution is 5.71. The summed E-state index contributed by atoms with van der Waals surface area (Å²) in [5.41, 5.74) is 0.582. The third-order valence-electron chi connectivity index (χ3n) is 2.11. The van der Waals surface area contributed by atoms with Crippen LogP contribution in [0.5, 0.6) is 0 Å². The van der Waals surface area contributed by atoms with Gasteiger partial charge in [-0.15, -0.1) is 0 Å². The molecule has 4 nitrogen and oxygen atoms in total. The van der Waals surface area contributed by atoms with Gasteiger partial charge < -0.3 is 9.30 Å². The number of aromatic nitrogens is 2. The average Bonchev–Trinajstić information content (AvgIpc) is 2.55. The largest absolute Gasteiger partial charge is 0.374 e. The normalized spacial score (nSPS) is 10.4. The first-order chi connectivity index (χ1) is 6.79. The van der Waals surface area contributed by atoms with E-state index in [9.17, 15) is 4.79 Å². The van der Waals surface area contributed by atoms with Crippen molar-refractivity contribution < 1.29 is 9.53 Å². The lowest BCUT2D eigenvalue weighted by Gasteiger charge is -2.03. The Bertz CT molecular complexity index is 294. The van der Waals surface area contributed by atoms with Gasteiger partial charge >= 0.3 is 0 Å². The molecule has 0 N–H and O–H groups in total. The molecule has 0 saturated heterocycles. The molecule has 1 aromatic heterocycles. The third-order valence-corrected chi connectivity index (χ3v) is 2.11. The number of nitrogens with zero attached hydrogens (tertiary/aromatic N) is 2. The molecule has 0 unspecified atom stereocenters. The Morgan fingerprint density at radius 2 is 2.43 bits per heavy atom. The molecule has 4 heteroatoms. The van der Waals surface area contributed by atoms with Crippen LogP contribution in [0.25, 0.3) is 0 Å². The zero-order chi connectivity index (χ0) is 10.4. The van der Waals surface area contributed by atoms with Crippen molar-refractivity contribution in [3.63, 3.8) is 0 Å². The molecule has 78 valence electrons. The molecule has 0 saturated carbocycles. The lowest BCUT2D eigenvalue weighted by Crippen LogP contribution is -2.04. The van der Waals surface area contributed by atoms with Crippen molar-refractivity contribution in [3.8, 4) is 0 Å². The minimum Gasteiger partial charge on any atom is -0.374 e. The van der Waals surface area contributed by atoms with Crippen LogP contribution in [0.4, 0.5) is 0 Å². The molecular weight excluding hydrogens is 180 g/mol. The van der Waals surface area contributed by atoms with E-state index in [4.69, 9.17) is 4.74 Å². The second-order valence-corrected chi connectivity index (χ2v) is 3.18. The fourth-order valence-corrected chi connectivity index (χ4v) is 1.12. The van der Waals surface area contributed by atoms with Gasteiger partial charge in [0.25, 0.3) is 0 Å². The Morgan fingerprint density at radius 1 is 1.64 bits per heavy atom. The second-order valence-electron chi connectivity index (χ2n) is 3.18. The summed E-state index contributed by atoms with van der Waals surface area (Å²) in [4.78, 5) is 14.6. The van der Waals surface area contributed by atoms with Gasteiger partial charge in [0.15, 0.2) is 6.29 Å². The molecule has 0 atom stereocenters. The first kappa shape index (κ1) is 10.9. The summed E-state index contributed by atoms with van der Waals surface area (Å²) < 4.78 is 7.15. The summed E-state index contributed by atoms with van der Waals surface area (Å²) in [5.74, 6) is 0.795. The summed E-state index contributed by atoms with van der Waals surface area (Å²) in [6.45, 7) is 3.35. The maximum absolute atomic E-state index is 10.5. The van der Waals surface area contributed by atoms with Crippen LogP contribution in [-0.4, -0.2) is 22.4 Å². The van der Waals surface area contributed by atoms with E-state index in [1.54, 1.807) is 10.8 Å². The zero-order valence-electron chi connectivity index (χ0n) is 8.69. The van der Waals surface area contributed by atoms with E-state index in [2.05, 4.69) is 11.9 Å². The molecule has 0 radical (unpaired) electrons. The van der Waals surface area contributed by atoms with E-state index in [0.29, 0.717) is 12.3 Å². The molecule has 1 rings (SSSR count). The molecule has 1 aromatic rings. The van der Waals surface area contributed by atoms with Crippen LogP contribution < -0.4 is 0 Å². The number of rotatable bonds is 6. The Labute approximate surface area is 83.9 Å². The fraction of sp³-hybridized carbons (Fsp3) is 0.600. The summed E-state index contributed by atoms with van der Waals surface area (Å²) in [5, 5.41) is 0. The van der Waals surface area contributed by atoms with E-state index in [-0.39, 0.29) is 0 Å². The molecule has 0 bridgehead atoms. The van der Waals surface area contributed by atoms with Gasteiger partial charge in [0.1, 0.15) is 18.1 Å². The molecule has 14 heavy (non-hydrogen) atoms. The van der Waals surface area contributed by atoms with Crippen molar-refractivity contribution in [3.05, 3.63) is 17.7 Å². The molecule has 0 aliphatic carbocycles. The molecule has 0 aromatic carbocycles. The number of carbonyl (C=O) groups is 1. The first-order valence-electron chi connectivity index (χ1n) is 4.83. The first-order valence-corrected chi connectivity index (χ1v) is 4.83. The average molecular weight is 196 g/mol. The predicted molar refractivity (Wildman–Crippen MR) is 53.2 cm³/mol. The van der Waals surface area contributed by atoms with Crippen LogP contribution >= 0.6 is 0 Å². The summed E-state index contributed by atoms with van der Waals surface area (Å²) in [6.07, 6.45) is 4.54. The van der Waals surface area contributed by atoms with Gasteiger partial charge in [-0.1, -0.05) is 13.3 Å². The van der Waals surface area contributed by atoms with Gasteiger partial charge in [0.05, 0.1) is 6.20 Å². The molecular formula is C10H16N2O2. The highest BCUT2D eigenvalue weighted by Gasteiger charge is 2.04. The summed E-state index contributed by atoms with van der Waals surface area (Å²) in [6, 6.07) is 0. The second kappa shape index (κ2) is 5.54. The third kappa shape index (κ3) is 2.67. The van der Waals surface area contributed by atoms with Gasteiger partial charge in [0, 0.05) is 13.7 Å². The topological polar surface area (TPSA) is 44.1 Å². The van der Waals surface area contributed by atoms with E-state index >= 15 is 0 Å². The standard InChI is InChI=1S/C10H16N2O2/c1-3-4-5-14-8-10-11-6-9(7-13)12(10)2/h6-7H,3-5,8H2,1-2H3. The van der Waals surface area contributed by atoms with E-state index in [1.807, 2.05) is 7.05 Å². The number of unbranched alkanes of at least 4 members (excludes halogenated alkanes) is 1. The Hall–Kier alpha value is -1.16. The van der Waals surface area contributed by atoms with E-state index < -0.39 is 0 Å². The summed E-state index contributed by atoms with van der Waals surface area (Å²) in [7, 11) is 1.81. The Balaban J connectivity index is 2.42. The monoisotopic (exact) mass is 196 g/mol. The number of carbonyl (C=O) groups excluding carboxylic acids is 1. The molecule has 0 aliphatic heterocycles. The van der Waals surface area contributed by atoms with Crippen LogP contribution in [0, 0.1) is 0 Å². The van der Waals surface area contributed by atoms with Crippen LogP contribution in [0.1, 0.15) is 36.1 Å². The van der Waals surface area contributed by atoms with E-state index in [0.717, 1.165) is 31.6 Å². The van der Waals surface area contributed by atoms with Crippen molar-refractivity contribution in [1.29, 1.82) is 0 Å². The van der Waals surface area contributed by atoms with Gasteiger partial charge in [-0.25, -0.2) is 4.98 Å². The molecule has 0 fully saturated rings. The maximum Gasteiger partial charge on any atom is 0.168 e. The highest BCUT2D eigenvalue weighted by atomic mass is 16.5. The zero-order valence-corrected chi connectivity index (χ0v) is 8.69. The summed E-state index contributed by atoms with van der Waals surface area (Å²) >= 11 is 0. The maximum atomic E-state index is 10.5. The Morgan fingerprint density at radius 3 is 3.00 bits per heavy atom. The van der Waals surface area contributed by atoms with Crippen LogP contribution in [-0.2, 0) is 18.4 Å². The number of hydrogen-bond donors (Lipinski definition) is 0. The van der Waals surface area contributed by atoms with Crippen molar-refractivity contribution in [1.82, 2.24) is 9.55 Å². The van der Waals surface area contributed by atoms with Gasteiger partial charge in [0.2, 0.25) is 0 Å². The lowest BCUT2D eigenvalue weighted by atomic mass is 10.4. The molecule has 0 amide bonds.